The van der Waals surface area contributed by atoms with E-state index >= 15 is 0 Å². The minimum Gasteiger partial charge on any atom is -0.394 e. The zero-order chi connectivity index (χ0) is 14.0. The number of fused-ring (bicyclic) bond motifs is 1. The van der Waals surface area contributed by atoms with Gasteiger partial charge >= 0.3 is 5.69 Å². The molecule has 0 radical (unpaired) electrons. The standard InChI is InChI=1S/C11H14N4O4/c1-6(2)8(5-16)12-7-3-4-9(15(17)18)11-10(7)13-19-14-11/h3-4,6,8,12,16H,5H2,1-2H3. The lowest BCUT2D eigenvalue weighted by molar-refractivity contribution is -0.383. The van der Waals surface area contributed by atoms with Gasteiger partial charge in [-0.1, -0.05) is 13.8 Å². The van der Waals surface area contributed by atoms with Crippen LogP contribution >= 0.6 is 0 Å². The molecular weight excluding hydrogens is 252 g/mol. The van der Waals surface area contributed by atoms with E-state index in [1.165, 1.54) is 12.1 Å². The molecule has 1 heterocycles. The summed E-state index contributed by atoms with van der Waals surface area (Å²) in [5.41, 5.74) is 0.769. The number of rotatable bonds is 5. The second kappa shape index (κ2) is 5.19. The average Bonchev–Trinajstić information content (AvgIpc) is 2.84. The second-order valence-corrected chi connectivity index (χ2v) is 4.53. The van der Waals surface area contributed by atoms with Crippen molar-refractivity contribution in [3.63, 3.8) is 0 Å². The Balaban J connectivity index is 2.43. The number of non-ortho nitro benzene ring substituents is 1. The number of aliphatic hydroxyl groups excluding tert-OH is 1. The summed E-state index contributed by atoms with van der Waals surface area (Å²) in [7, 11) is 0. The number of aliphatic hydroxyl groups is 1. The number of nitrogens with zero attached hydrogens (tertiary/aromatic N) is 3. The highest BCUT2D eigenvalue weighted by Crippen LogP contribution is 2.29. The molecule has 8 nitrogen and oxygen atoms in total. The molecule has 102 valence electrons. The predicted molar refractivity (Wildman–Crippen MR) is 67.8 cm³/mol. The van der Waals surface area contributed by atoms with E-state index in [1.54, 1.807) is 0 Å². The molecule has 1 aromatic heterocycles. The first kappa shape index (κ1) is 13.2. The predicted octanol–water partition coefficient (Wildman–Crippen LogP) is 1.56. The molecule has 0 aliphatic carbocycles. The Morgan fingerprint density at radius 2 is 2.11 bits per heavy atom. The fraction of sp³-hybridized carbons (Fsp3) is 0.455. The molecule has 2 aromatic rings. The molecule has 19 heavy (non-hydrogen) atoms. The number of nitro benzene ring substituents is 1. The normalized spacial score (nSPS) is 12.8. The fourth-order valence-corrected chi connectivity index (χ4v) is 1.74. The van der Waals surface area contributed by atoms with Crippen molar-refractivity contribution in [3.05, 3.63) is 22.2 Å². The summed E-state index contributed by atoms with van der Waals surface area (Å²) in [6.07, 6.45) is 0. The molecule has 0 saturated heterocycles. The van der Waals surface area contributed by atoms with Crippen molar-refractivity contribution in [1.82, 2.24) is 10.3 Å². The summed E-state index contributed by atoms with van der Waals surface area (Å²) >= 11 is 0. The Morgan fingerprint density at radius 1 is 1.42 bits per heavy atom. The van der Waals surface area contributed by atoms with Gasteiger partial charge < -0.3 is 10.4 Å². The van der Waals surface area contributed by atoms with E-state index in [4.69, 9.17) is 0 Å². The van der Waals surface area contributed by atoms with Crippen LogP contribution in [0.15, 0.2) is 16.8 Å². The van der Waals surface area contributed by atoms with E-state index < -0.39 is 4.92 Å². The first-order valence-electron chi connectivity index (χ1n) is 5.81. The van der Waals surface area contributed by atoms with Crippen LogP contribution in [-0.2, 0) is 0 Å². The quantitative estimate of drug-likeness (QED) is 0.623. The SMILES string of the molecule is CC(C)C(CO)Nc1ccc([N+](=O)[O-])c2nonc12. The topological polar surface area (TPSA) is 114 Å². The lowest BCUT2D eigenvalue weighted by Crippen LogP contribution is -2.29. The largest absolute Gasteiger partial charge is 0.394 e. The van der Waals surface area contributed by atoms with E-state index in [0.29, 0.717) is 5.69 Å². The van der Waals surface area contributed by atoms with E-state index in [1.807, 2.05) is 13.8 Å². The van der Waals surface area contributed by atoms with Crippen molar-refractivity contribution in [3.8, 4) is 0 Å². The fourth-order valence-electron chi connectivity index (χ4n) is 1.74. The van der Waals surface area contributed by atoms with Crippen molar-refractivity contribution in [2.24, 2.45) is 5.92 Å². The number of hydrogen-bond donors (Lipinski definition) is 2. The molecule has 2 rings (SSSR count). The van der Waals surface area contributed by atoms with Crippen LogP contribution in [0.1, 0.15) is 13.8 Å². The van der Waals surface area contributed by atoms with Crippen molar-refractivity contribution >= 4 is 22.4 Å². The molecule has 0 spiro atoms. The van der Waals surface area contributed by atoms with Gasteiger partial charge in [0, 0.05) is 6.07 Å². The van der Waals surface area contributed by atoms with Crippen LogP contribution in [0.5, 0.6) is 0 Å². The summed E-state index contributed by atoms with van der Waals surface area (Å²) < 4.78 is 4.57. The van der Waals surface area contributed by atoms with Crippen molar-refractivity contribution in [1.29, 1.82) is 0 Å². The number of hydrogen-bond acceptors (Lipinski definition) is 7. The maximum absolute atomic E-state index is 10.8. The lowest BCUT2D eigenvalue weighted by atomic mass is 10.0. The van der Waals surface area contributed by atoms with Crippen molar-refractivity contribution in [2.45, 2.75) is 19.9 Å². The molecule has 0 bridgehead atoms. The van der Waals surface area contributed by atoms with Crippen LogP contribution in [0.2, 0.25) is 0 Å². The van der Waals surface area contributed by atoms with Crippen molar-refractivity contribution < 1.29 is 14.7 Å². The van der Waals surface area contributed by atoms with Gasteiger partial charge in [0.15, 0.2) is 5.52 Å². The van der Waals surface area contributed by atoms with Gasteiger partial charge in [-0.25, -0.2) is 4.63 Å². The van der Waals surface area contributed by atoms with E-state index in [9.17, 15) is 15.2 Å². The van der Waals surface area contributed by atoms with Gasteiger partial charge in [-0.2, -0.15) is 0 Å². The zero-order valence-electron chi connectivity index (χ0n) is 10.5. The number of nitrogens with one attached hydrogen (secondary N) is 1. The summed E-state index contributed by atoms with van der Waals surface area (Å²) in [4.78, 5) is 10.3. The van der Waals surface area contributed by atoms with Gasteiger partial charge in [0.2, 0.25) is 5.52 Å². The molecule has 0 amide bonds. The molecule has 1 aromatic carbocycles. The highest BCUT2D eigenvalue weighted by atomic mass is 16.6. The Morgan fingerprint density at radius 3 is 2.68 bits per heavy atom. The van der Waals surface area contributed by atoms with Crippen molar-refractivity contribution in [2.75, 3.05) is 11.9 Å². The van der Waals surface area contributed by atoms with Gasteiger partial charge in [0.1, 0.15) is 0 Å². The minimum absolute atomic E-state index is 0.0541. The van der Waals surface area contributed by atoms with Gasteiger partial charge in [-0.3, -0.25) is 10.1 Å². The molecule has 0 aliphatic rings. The third kappa shape index (κ3) is 2.48. The maximum Gasteiger partial charge on any atom is 0.300 e. The molecule has 0 fully saturated rings. The van der Waals surface area contributed by atoms with Crippen LogP contribution in [0.25, 0.3) is 11.0 Å². The lowest BCUT2D eigenvalue weighted by Gasteiger charge is -2.20. The Labute approximate surface area is 108 Å². The maximum atomic E-state index is 10.8. The Kier molecular flexibility index (Phi) is 3.61. The smallest absolute Gasteiger partial charge is 0.300 e. The van der Waals surface area contributed by atoms with E-state index in [0.717, 1.165) is 0 Å². The Hall–Kier alpha value is -2.22. The third-order valence-electron chi connectivity index (χ3n) is 2.93. The molecule has 1 atom stereocenters. The van der Waals surface area contributed by atoms with E-state index in [2.05, 4.69) is 20.3 Å². The van der Waals surface area contributed by atoms with Gasteiger partial charge in [0.25, 0.3) is 0 Å². The van der Waals surface area contributed by atoms with Crippen LogP contribution in [-0.4, -0.2) is 33.0 Å². The van der Waals surface area contributed by atoms with Crippen LogP contribution in [0, 0.1) is 16.0 Å². The van der Waals surface area contributed by atoms with Gasteiger partial charge in [-0.05, 0) is 22.3 Å². The first-order valence-corrected chi connectivity index (χ1v) is 5.81. The average molecular weight is 266 g/mol. The van der Waals surface area contributed by atoms with Crippen LogP contribution in [0.4, 0.5) is 11.4 Å². The summed E-state index contributed by atoms with van der Waals surface area (Å²) in [6, 6.07) is 2.70. The molecule has 0 saturated carbocycles. The summed E-state index contributed by atoms with van der Waals surface area (Å²) in [5.74, 6) is 0.190. The number of benzene rings is 1. The number of aromatic nitrogens is 2. The molecule has 1 unspecified atom stereocenters. The highest BCUT2D eigenvalue weighted by molar-refractivity contribution is 5.93. The van der Waals surface area contributed by atoms with Gasteiger partial charge in [-0.15, -0.1) is 0 Å². The van der Waals surface area contributed by atoms with Crippen LogP contribution in [0.3, 0.4) is 0 Å². The molecular formula is C11H14N4O4. The summed E-state index contributed by atoms with van der Waals surface area (Å²) in [5, 5.41) is 30.4. The van der Waals surface area contributed by atoms with Crippen LogP contribution < -0.4 is 5.32 Å². The molecule has 0 aliphatic heterocycles. The second-order valence-electron chi connectivity index (χ2n) is 4.53. The minimum atomic E-state index is -0.539. The first-order chi connectivity index (χ1) is 9.04. The summed E-state index contributed by atoms with van der Waals surface area (Å²) in [6.45, 7) is 3.86. The van der Waals surface area contributed by atoms with Gasteiger partial charge in [0.05, 0.1) is 23.3 Å². The molecule has 2 N–H and O–H groups in total. The number of anilines is 1. The third-order valence-corrected chi connectivity index (χ3v) is 2.93. The molecule has 8 heteroatoms. The number of nitro groups is 1. The zero-order valence-corrected chi connectivity index (χ0v) is 10.5. The monoisotopic (exact) mass is 266 g/mol. The highest BCUT2D eigenvalue weighted by Gasteiger charge is 2.21. The Bertz CT molecular complexity index is 595. The van der Waals surface area contributed by atoms with E-state index in [-0.39, 0.29) is 35.3 Å².